The van der Waals surface area contributed by atoms with Gasteiger partial charge in [-0.2, -0.15) is 17.6 Å². The van der Waals surface area contributed by atoms with E-state index in [1.807, 2.05) is 4.74 Å². The molecule has 0 heterocycles. The van der Waals surface area contributed by atoms with Gasteiger partial charge in [-0.3, -0.25) is 0 Å². The van der Waals surface area contributed by atoms with Crippen molar-refractivity contribution < 1.29 is 39.9 Å². The highest BCUT2D eigenvalue weighted by Gasteiger charge is 2.71. The number of hydrogen-bond donors (Lipinski definition) is 0. The molecular weight excluding hydrogens is 376 g/mol. The van der Waals surface area contributed by atoms with Crippen LogP contribution in [-0.2, 0) is 4.74 Å². The zero-order chi connectivity index (χ0) is 12.7. The lowest BCUT2D eigenvalue weighted by atomic mass is 10.4. The monoisotopic (exact) mass is 374 g/mol. The van der Waals surface area contributed by atoms with Crippen molar-refractivity contribution >= 4 is 31.9 Å². The molecule has 0 fully saturated rings. The van der Waals surface area contributed by atoms with E-state index in [0.29, 0.717) is 0 Å². The minimum Gasteiger partial charge on any atom is -0.222 e. The van der Waals surface area contributed by atoms with E-state index in [9.17, 15) is 35.1 Å². The van der Waals surface area contributed by atoms with E-state index in [0.717, 1.165) is 31.9 Å². The molecular formula is C4Br2F8O. The smallest absolute Gasteiger partial charge is 0.222 e. The second-order valence-corrected chi connectivity index (χ2v) is 4.23. The molecule has 0 aliphatic carbocycles. The van der Waals surface area contributed by atoms with E-state index in [1.54, 1.807) is 0 Å². The summed E-state index contributed by atoms with van der Waals surface area (Å²) in [6, 6.07) is 0. The average molecular weight is 376 g/mol. The SMILES string of the molecule is FC(F)(F)OC(F)(F)C(F)(Br)C(F)(F)Br. The zero-order valence-electron chi connectivity index (χ0n) is 6.19. The van der Waals surface area contributed by atoms with Gasteiger partial charge >= 0.3 is 21.9 Å². The van der Waals surface area contributed by atoms with Gasteiger partial charge in [0.15, 0.2) is 0 Å². The largest absolute Gasteiger partial charge is 0.527 e. The van der Waals surface area contributed by atoms with E-state index in [1.165, 1.54) is 0 Å². The van der Waals surface area contributed by atoms with Gasteiger partial charge in [0.05, 0.1) is 0 Å². The van der Waals surface area contributed by atoms with Crippen LogP contribution in [0.1, 0.15) is 0 Å². The topological polar surface area (TPSA) is 9.23 Å². The quantitative estimate of drug-likeness (QED) is 0.531. The Hall–Kier alpha value is 0.360. The Bertz CT molecular complexity index is 230. The van der Waals surface area contributed by atoms with Crippen molar-refractivity contribution in [1.29, 1.82) is 0 Å². The van der Waals surface area contributed by atoms with Gasteiger partial charge in [-0.15, -0.1) is 13.2 Å². The van der Waals surface area contributed by atoms with Crippen molar-refractivity contribution in [2.75, 3.05) is 0 Å². The highest BCUT2D eigenvalue weighted by atomic mass is 79.9. The van der Waals surface area contributed by atoms with Crippen LogP contribution in [0, 0.1) is 0 Å². The van der Waals surface area contributed by atoms with Crippen LogP contribution in [0.4, 0.5) is 35.1 Å². The molecule has 92 valence electrons. The Balaban J connectivity index is 5.03. The molecule has 15 heavy (non-hydrogen) atoms. The molecule has 0 aromatic rings. The fourth-order valence-corrected chi connectivity index (χ4v) is 0.686. The van der Waals surface area contributed by atoms with Crippen LogP contribution in [0.15, 0.2) is 0 Å². The van der Waals surface area contributed by atoms with Gasteiger partial charge in [-0.1, -0.05) is 0 Å². The lowest BCUT2D eigenvalue weighted by molar-refractivity contribution is -0.446. The van der Waals surface area contributed by atoms with Gasteiger partial charge in [0.2, 0.25) is 0 Å². The predicted molar refractivity (Wildman–Crippen MR) is 38.7 cm³/mol. The maximum absolute atomic E-state index is 12.7. The number of halogens is 10. The summed E-state index contributed by atoms with van der Waals surface area (Å²) in [7, 11) is 0. The molecule has 1 unspecified atom stereocenters. The Morgan fingerprint density at radius 3 is 1.27 bits per heavy atom. The van der Waals surface area contributed by atoms with Gasteiger partial charge in [0.1, 0.15) is 0 Å². The molecule has 0 saturated carbocycles. The number of ether oxygens (including phenoxy) is 1. The fourth-order valence-electron chi connectivity index (χ4n) is 0.374. The molecule has 0 aromatic carbocycles. The maximum atomic E-state index is 12.7. The van der Waals surface area contributed by atoms with Crippen molar-refractivity contribution in [3.63, 3.8) is 0 Å². The minimum absolute atomic E-state index is 1.14. The molecule has 0 rings (SSSR count). The van der Waals surface area contributed by atoms with E-state index < -0.39 is 21.9 Å². The van der Waals surface area contributed by atoms with Gasteiger partial charge < -0.3 is 0 Å². The maximum Gasteiger partial charge on any atom is 0.527 e. The Morgan fingerprint density at radius 2 is 1.07 bits per heavy atom. The average Bonchev–Trinajstić information content (AvgIpc) is 1.77. The number of rotatable bonds is 3. The van der Waals surface area contributed by atoms with Gasteiger partial charge in [0, 0.05) is 0 Å². The summed E-state index contributed by atoms with van der Waals surface area (Å²) in [6.07, 6.45) is -11.8. The fraction of sp³-hybridized carbons (Fsp3) is 1.00. The van der Waals surface area contributed by atoms with E-state index in [2.05, 4.69) is 0 Å². The summed E-state index contributed by atoms with van der Waals surface area (Å²) in [5.41, 5.74) is 0. The van der Waals surface area contributed by atoms with E-state index >= 15 is 0 Å². The Labute approximate surface area is 94.0 Å². The first kappa shape index (κ1) is 15.4. The number of alkyl halides is 10. The first-order chi connectivity index (χ1) is 6.21. The summed E-state index contributed by atoms with van der Waals surface area (Å²) in [5, 5.41) is 0. The molecule has 0 aromatic heterocycles. The van der Waals surface area contributed by atoms with Crippen LogP contribution in [0.3, 0.4) is 0 Å². The highest BCUT2D eigenvalue weighted by Crippen LogP contribution is 2.53. The molecule has 1 atom stereocenters. The standard InChI is InChI=1S/C4Br2F8O/c5-1(7,2(6,8)9)3(10,11)15-4(12,13)14. The predicted octanol–water partition coefficient (Wildman–Crippen LogP) is 4.16. The third kappa shape index (κ3) is 3.70. The molecule has 0 saturated heterocycles. The lowest BCUT2D eigenvalue weighted by Crippen LogP contribution is -2.53. The van der Waals surface area contributed by atoms with Crippen LogP contribution in [-0.4, -0.2) is 21.9 Å². The summed E-state index contributed by atoms with van der Waals surface area (Å²) >= 11 is 2.30. The van der Waals surface area contributed by atoms with Crippen molar-refractivity contribution in [2.45, 2.75) is 21.9 Å². The molecule has 0 amide bonds. The Kier molecular flexibility index (Phi) is 4.08. The molecule has 0 N–H and O–H groups in total. The van der Waals surface area contributed by atoms with Crippen LogP contribution in [0.2, 0.25) is 0 Å². The van der Waals surface area contributed by atoms with Crippen LogP contribution < -0.4 is 0 Å². The van der Waals surface area contributed by atoms with Gasteiger partial charge in [0.25, 0.3) is 0 Å². The first-order valence-electron chi connectivity index (χ1n) is 2.80. The van der Waals surface area contributed by atoms with Gasteiger partial charge in [-0.05, 0) is 31.9 Å². The second kappa shape index (κ2) is 3.99. The highest BCUT2D eigenvalue weighted by molar-refractivity contribution is 9.12. The molecule has 0 spiro atoms. The summed E-state index contributed by atoms with van der Waals surface area (Å²) in [5.74, 6) is 0. The van der Waals surface area contributed by atoms with Crippen molar-refractivity contribution in [3.05, 3.63) is 0 Å². The number of hydrogen-bond acceptors (Lipinski definition) is 1. The second-order valence-electron chi connectivity index (χ2n) is 2.14. The molecule has 0 aliphatic rings. The lowest BCUT2D eigenvalue weighted by Gasteiger charge is -2.31. The molecule has 11 heteroatoms. The van der Waals surface area contributed by atoms with Crippen molar-refractivity contribution in [1.82, 2.24) is 0 Å². The van der Waals surface area contributed by atoms with Crippen molar-refractivity contribution in [2.24, 2.45) is 0 Å². The van der Waals surface area contributed by atoms with Gasteiger partial charge in [-0.25, -0.2) is 9.13 Å². The van der Waals surface area contributed by atoms with E-state index in [-0.39, 0.29) is 0 Å². The summed E-state index contributed by atoms with van der Waals surface area (Å²) < 4.78 is 92.4. The Morgan fingerprint density at radius 1 is 0.733 bits per heavy atom. The summed E-state index contributed by atoms with van der Waals surface area (Å²) in [4.78, 5) is -4.96. The van der Waals surface area contributed by atoms with Crippen LogP contribution in [0.25, 0.3) is 0 Å². The van der Waals surface area contributed by atoms with Crippen LogP contribution in [0.5, 0.6) is 0 Å². The first-order valence-corrected chi connectivity index (χ1v) is 4.38. The third-order valence-corrected chi connectivity index (χ3v) is 3.00. The zero-order valence-corrected chi connectivity index (χ0v) is 9.36. The normalized spacial score (nSPS) is 18.8. The van der Waals surface area contributed by atoms with Crippen LogP contribution >= 0.6 is 31.9 Å². The molecule has 0 aliphatic heterocycles. The molecule has 0 radical (unpaired) electrons. The van der Waals surface area contributed by atoms with Crippen molar-refractivity contribution in [3.8, 4) is 0 Å². The van der Waals surface area contributed by atoms with E-state index in [4.69, 9.17) is 0 Å². The third-order valence-electron chi connectivity index (χ3n) is 0.965. The summed E-state index contributed by atoms with van der Waals surface area (Å²) in [6.45, 7) is 0. The minimum atomic E-state index is -5.97. The molecule has 1 nitrogen and oxygen atoms in total. The molecule has 0 bridgehead atoms.